The molecule has 0 bridgehead atoms. The first kappa shape index (κ1) is 26.1. The molecule has 0 fully saturated rings. The zero-order chi connectivity index (χ0) is 0. The standard InChI is InChI=1S/Ca.FH.Mg.Sr.6H/h;1H;;;;;;;;. The molecule has 0 aliphatic carbocycles. The maximum atomic E-state index is 0. The second-order valence-electron chi connectivity index (χ2n) is 0. The molecule has 0 heterocycles. The molecule has 0 aromatic heterocycles. The Morgan fingerprint density at radius 2 is 1.00 bits per heavy atom. The van der Waals surface area contributed by atoms with Gasteiger partial charge in [0.15, 0.2) is 0 Å². The van der Waals surface area contributed by atoms with Crippen LogP contribution in [0.3, 0.4) is 0 Å². The molecular formula is H7CaFMgSr. The minimum absolute atomic E-state index is 0. The Labute approximate surface area is 108 Å². The Balaban J connectivity index is 0. The van der Waals surface area contributed by atoms with E-state index in [0.717, 1.165) is 0 Å². The number of hydrogen-bond acceptors (Lipinski definition) is 0. The van der Waals surface area contributed by atoms with Crippen LogP contribution in [0.4, 0.5) is 4.70 Å². The molecule has 0 nitrogen and oxygen atoms in total. The molecule has 0 rings (SSSR count). The summed E-state index contributed by atoms with van der Waals surface area (Å²) in [6.45, 7) is 0. The van der Waals surface area contributed by atoms with Crippen molar-refractivity contribution in [3.63, 3.8) is 0 Å². The quantitative estimate of drug-likeness (QED) is 0.357. The van der Waals surface area contributed by atoms with Crippen molar-refractivity contribution in [2.75, 3.05) is 0 Å². The van der Waals surface area contributed by atoms with Crippen molar-refractivity contribution in [1.82, 2.24) is 0 Å². The molecule has 0 aromatic carbocycles. The van der Waals surface area contributed by atoms with Crippen LogP contribution in [0.5, 0.6) is 0 Å². The monoisotopic (exact) mass is 178 g/mol. The Morgan fingerprint density at radius 1 is 1.00 bits per heavy atom. The number of rotatable bonds is 0. The van der Waals surface area contributed by atoms with Gasteiger partial charge in [-0.05, 0) is 0 Å². The average Bonchev–Trinajstić information content (AvgIpc) is 0. The van der Waals surface area contributed by atoms with Crippen LogP contribution >= 0.6 is 0 Å². The van der Waals surface area contributed by atoms with Gasteiger partial charge in [0, 0.05) is 0 Å². The zero-order valence-electron chi connectivity index (χ0n) is 0.408. The van der Waals surface area contributed by atoms with Gasteiger partial charge in [0.1, 0.15) is 0 Å². The molecule has 4 heteroatoms. The van der Waals surface area contributed by atoms with Gasteiger partial charge in [-0.2, -0.15) is 0 Å². The van der Waals surface area contributed by atoms with Crippen LogP contribution in [0.2, 0.25) is 0 Å². The van der Waals surface area contributed by atoms with E-state index in [9.17, 15) is 0 Å². The molecule has 0 unspecified atom stereocenters. The third-order valence-electron chi connectivity index (χ3n) is 0. The molecule has 20 valence electrons. The van der Waals surface area contributed by atoms with Crippen LogP contribution in [0, 0.1) is 0 Å². The van der Waals surface area contributed by atoms with Crippen molar-refractivity contribution in [1.29, 1.82) is 0 Å². The predicted octanol–water partition coefficient (Wildman–Crippen LogP) is -2.60. The SMILES string of the molecule is F.[CaH2].[MgH2].[SrH2]. The van der Waals surface area contributed by atoms with Crippen molar-refractivity contribution < 1.29 is 4.70 Å². The summed E-state index contributed by atoms with van der Waals surface area (Å²) in [7, 11) is 0. The summed E-state index contributed by atoms with van der Waals surface area (Å²) in [6.07, 6.45) is 0. The molecule has 0 aromatic rings. The summed E-state index contributed by atoms with van der Waals surface area (Å²) in [5.41, 5.74) is 0. The Bertz CT molecular complexity index is 8.00. The molecule has 0 spiro atoms. The molecule has 0 aliphatic heterocycles. The molecule has 0 amide bonds. The number of hydrogen-bond donors (Lipinski definition) is 0. The van der Waals surface area contributed by atoms with Crippen molar-refractivity contribution in [2.24, 2.45) is 0 Å². The van der Waals surface area contributed by atoms with E-state index >= 15 is 0 Å². The third kappa shape index (κ3) is 9.06. The van der Waals surface area contributed by atoms with Crippen molar-refractivity contribution in [3.05, 3.63) is 0 Å². The zero-order valence-corrected chi connectivity index (χ0v) is 0.408. The first-order valence-electron chi connectivity index (χ1n) is 0. The summed E-state index contributed by atoms with van der Waals surface area (Å²) in [6, 6.07) is 0. The van der Waals surface area contributed by atoms with E-state index in [-0.39, 0.29) is 111 Å². The fourth-order valence-corrected chi connectivity index (χ4v) is 0. The normalized spacial score (nSPS) is 0. The van der Waals surface area contributed by atoms with Crippen LogP contribution in [-0.4, -0.2) is 106 Å². The summed E-state index contributed by atoms with van der Waals surface area (Å²) in [5, 5.41) is 0. The molecule has 0 N–H and O–H groups in total. The van der Waals surface area contributed by atoms with Gasteiger partial charge < -0.3 is 0 Å². The third-order valence-corrected chi connectivity index (χ3v) is 0. The summed E-state index contributed by atoms with van der Waals surface area (Å²) in [5.74, 6) is 0. The molecular weight excluding hydrogens is 171 g/mol. The van der Waals surface area contributed by atoms with Crippen molar-refractivity contribution >= 4 is 106 Å². The molecule has 4 heavy (non-hydrogen) atoms. The molecule has 0 radical (unpaired) electrons. The van der Waals surface area contributed by atoms with E-state index in [1.165, 1.54) is 0 Å². The number of halogens is 1. The van der Waals surface area contributed by atoms with Crippen molar-refractivity contribution in [3.8, 4) is 0 Å². The van der Waals surface area contributed by atoms with E-state index in [4.69, 9.17) is 0 Å². The van der Waals surface area contributed by atoms with E-state index in [2.05, 4.69) is 0 Å². The van der Waals surface area contributed by atoms with Gasteiger partial charge in [-0.1, -0.05) is 0 Å². The van der Waals surface area contributed by atoms with Gasteiger partial charge in [-0.25, -0.2) is 0 Å². The summed E-state index contributed by atoms with van der Waals surface area (Å²) < 4.78 is 0. The van der Waals surface area contributed by atoms with Crippen LogP contribution in [0.25, 0.3) is 0 Å². The molecule has 0 saturated heterocycles. The van der Waals surface area contributed by atoms with Gasteiger partial charge in [-0.15, -0.1) is 0 Å². The average molecular weight is 178 g/mol. The first-order chi connectivity index (χ1) is 0. The molecule has 0 atom stereocenters. The van der Waals surface area contributed by atoms with Gasteiger partial charge >= 0.3 is 106 Å². The van der Waals surface area contributed by atoms with Crippen LogP contribution in [-0.2, 0) is 0 Å². The summed E-state index contributed by atoms with van der Waals surface area (Å²) in [4.78, 5) is 0. The van der Waals surface area contributed by atoms with Crippen LogP contribution in [0.1, 0.15) is 0 Å². The fraction of sp³-hybridized carbons (Fsp3) is 0. The van der Waals surface area contributed by atoms with E-state index < -0.39 is 0 Å². The van der Waals surface area contributed by atoms with Crippen LogP contribution in [0.15, 0.2) is 0 Å². The predicted molar refractivity (Wildman–Crippen MR) is 28.1 cm³/mol. The van der Waals surface area contributed by atoms with Crippen LogP contribution < -0.4 is 0 Å². The Morgan fingerprint density at radius 3 is 1.00 bits per heavy atom. The molecule has 0 saturated carbocycles. The van der Waals surface area contributed by atoms with Gasteiger partial charge in [-0.3, -0.25) is 4.70 Å². The van der Waals surface area contributed by atoms with E-state index in [0.29, 0.717) is 0 Å². The first-order valence-corrected chi connectivity index (χ1v) is 0. The minimum atomic E-state index is 0. The van der Waals surface area contributed by atoms with Gasteiger partial charge in [0.25, 0.3) is 0 Å². The fourth-order valence-electron chi connectivity index (χ4n) is 0. The Kier molecular flexibility index (Phi) is 105. The second-order valence-corrected chi connectivity index (χ2v) is 0. The topological polar surface area (TPSA) is 0 Å². The van der Waals surface area contributed by atoms with Gasteiger partial charge in [0.2, 0.25) is 0 Å². The maximum absolute atomic E-state index is 0. The van der Waals surface area contributed by atoms with E-state index in [1.807, 2.05) is 0 Å². The van der Waals surface area contributed by atoms with Gasteiger partial charge in [0.05, 0.1) is 0 Å². The molecule has 0 aliphatic rings. The summed E-state index contributed by atoms with van der Waals surface area (Å²) >= 11 is 0. The van der Waals surface area contributed by atoms with E-state index in [1.54, 1.807) is 0 Å². The Hall–Kier alpha value is 3.44. The second kappa shape index (κ2) is 16.1. The van der Waals surface area contributed by atoms with Crippen molar-refractivity contribution in [2.45, 2.75) is 0 Å².